The first-order valence-electron chi connectivity index (χ1n) is 10.9. The van der Waals surface area contributed by atoms with E-state index < -0.39 is 48.7 Å². The van der Waals surface area contributed by atoms with Crippen LogP contribution in [-0.4, -0.2) is 72.9 Å². The number of ether oxygens (including phenoxy) is 2. The Kier molecular flexibility index (Phi) is 3.81. The van der Waals surface area contributed by atoms with E-state index in [0.29, 0.717) is 27.2 Å². The smallest absolute Gasteiger partial charge is 0.329 e. The van der Waals surface area contributed by atoms with E-state index in [2.05, 4.69) is 5.32 Å². The maximum Gasteiger partial charge on any atom is 0.329 e. The topological polar surface area (TPSA) is 171 Å². The van der Waals surface area contributed by atoms with Gasteiger partial charge in [-0.15, -0.1) is 0 Å². The van der Waals surface area contributed by atoms with Crippen molar-refractivity contribution in [3.63, 3.8) is 0 Å². The highest BCUT2D eigenvalue weighted by molar-refractivity contribution is 6.38. The number of aromatic hydroxyl groups is 1. The molecule has 4 aromatic rings. The Morgan fingerprint density at radius 3 is 2.40 bits per heavy atom. The van der Waals surface area contributed by atoms with E-state index in [-0.39, 0.29) is 28.0 Å². The van der Waals surface area contributed by atoms with Gasteiger partial charge in [-0.1, -0.05) is 18.2 Å². The maximum absolute atomic E-state index is 13.0. The first kappa shape index (κ1) is 20.6. The van der Waals surface area contributed by atoms with Crippen LogP contribution >= 0.6 is 0 Å². The van der Waals surface area contributed by atoms with Gasteiger partial charge in [0, 0.05) is 16.2 Å². The monoisotopic (exact) mass is 478 g/mol. The zero-order valence-corrected chi connectivity index (χ0v) is 17.8. The Balaban J connectivity index is 1.75. The first-order valence-corrected chi connectivity index (χ1v) is 10.9. The van der Waals surface area contributed by atoms with E-state index in [1.54, 1.807) is 24.3 Å². The van der Waals surface area contributed by atoms with Gasteiger partial charge in [-0.3, -0.25) is 19.5 Å². The summed E-state index contributed by atoms with van der Waals surface area (Å²) < 4.78 is 13.7. The number of imide groups is 1. The molecule has 4 heterocycles. The number of nitrogens with zero attached hydrogens (tertiary/aromatic N) is 1. The van der Waals surface area contributed by atoms with Gasteiger partial charge in [0.1, 0.15) is 29.8 Å². The van der Waals surface area contributed by atoms with Crippen molar-refractivity contribution in [3.05, 3.63) is 47.5 Å². The van der Waals surface area contributed by atoms with E-state index >= 15 is 0 Å². The van der Waals surface area contributed by atoms with Crippen molar-refractivity contribution in [2.75, 3.05) is 6.61 Å². The number of aliphatic hydroxyl groups excluding tert-OH is 4. The van der Waals surface area contributed by atoms with Gasteiger partial charge in [0.2, 0.25) is 0 Å². The summed E-state index contributed by atoms with van der Waals surface area (Å²) in [6, 6.07) is 9.56. The minimum absolute atomic E-state index is 0.00751. The number of hydrogen-bond donors (Lipinski definition) is 6. The summed E-state index contributed by atoms with van der Waals surface area (Å²) in [6.07, 6.45) is -6.52. The molecule has 35 heavy (non-hydrogen) atoms. The third-order valence-corrected chi connectivity index (χ3v) is 7.18. The lowest BCUT2D eigenvalue weighted by atomic mass is 9.92. The van der Waals surface area contributed by atoms with Gasteiger partial charge < -0.3 is 35.0 Å². The fourth-order valence-corrected chi connectivity index (χ4v) is 5.73. The minimum atomic E-state index is -2.16. The third-order valence-electron chi connectivity index (χ3n) is 7.18. The summed E-state index contributed by atoms with van der Waals surface area (Å²) >= 11 is 0. The maximum atomic E-state index is 13.0. The van der Waals surface area contributed by atoms with Gasteiger partial charge in [-0.05, 0) is 18.2 Å². The molecule has 1 spiro atoms. The van der Waals surface area contributed by atoms with E-state index in [9.17, 15) is 35.1 Å². The number of hydrogen-bond acceptors (Lipinski definition) is 9. The molecule has 0 radical (unpaired) electrons. The number of carbonyl (C=O) groups is 2. The zero-order chi connectivity index (χ0) is 24.4. The fraction of sp³-hybridized carbons (Fsp3) is 0.250. The highest BCUT2D eigenvalue weighted by Gasteiger charge is 2.60. The predicted molar refractivity (Wildman–Crippen MR) is 119 cm³/mol. The van der Waals surface area contributed by atoms with Crippen LogP contribution in [0.1, 0.15) is 20.7 Å². The fourth-order valence-electron chi connectivity index (χ4n) is 5.73. The Labute approximate surface area is 195 Å². The summed E-state index contributed by atoms with van der Waals surface area (Å²) in [7, 11) is 0. The SMILES string of the molecule is O=C1NC(=O)c2c1c1c(O)ccc3c1c1c2c2ccccc2n1C1(O3)OC(CO)C(O)C(O)C1O. The molecular formula is C24H18N2O9. The quantitative estimate of drug-likeness (QED) is 0.206. The number of para-hydroxylation sites is 1. The van der Waals surface area contributed by atoms with Crippen molar-refractivity contribution in [1.29, 1.82) is 0 Å². The van der Waals surface area contributed by atoms with Gasteiger partial charge in [-0.2, -0.15) is 0 Å². The lowest BCUT2D eigenvalue weighted by Crippen LogP contribution is -2.68. The third kappa shape index (κ3) is 2.22. The molecule has 11 nitrogen and oxygen atoms in total. The van der Waals surface area contributed by atoms with Gasteiger partial charge in [0.25, 0.3) is 11.8 Å². The van der Waals surface area contributed by atoms with Crippen LogP contribution in [0.2, 0.25) is 0 Å². The van der Waals surface area contributed by atoms with Crippen LogP contribution in [0.25, 0.3) is 32.6 Å². The zero-order valence-electron chi connectivity index (χ0n) is 17.8. The highest BCUT2D eigenvalue weighted by atomic mass is 16.7. The van der Waals surface area contributed by atoms with Crippen molar-refractivity contribution in [2.45, 2.75) is 30.3 Å². The van der Waals surface area contributed by atoms with Crippen molar-refractivity contribution in [2.24, 2.45) is 0 Å². The Bertz CT molecular complexity index is 1640. The number of fused-ring (bicyclic) bond motifs is 7. The second-order valence-electron chi connectivity index (χ2n) is 8.94. The number of phenolic OH excluding ortho intramolecular Hbond substituents is 1. The number of aromatic nitrogens is 1. The van der Waals surface area contributed by atoms with E-state index in [0.717, 1.165) is 0 Å². The Hall–Kier alpha value is -3.74. The molecule has 3 aliphatic heterocycles. The van der Waals surface area contributed by atoms with Crippen LogP contribution in [-0.2, 0) is 10.6 Å². The van der Waals surface area contributed by atoms with Crippen molar-refractivity contribution >= 4 is 44.4 Å². The number of rotatable bonds is 1. The molecule has 1 saturated heterocycles. The van der Waals surface area contributed by atoms with Crippen LogP contribution in [0.3, 0.4) is 0 Å². The van der Waals surface area contributed by atoms with Gasteiger partial charge in [-0.25, -0.2) is 0 Å². The van der Waals surface area contributed by atoms with E-state index in [1.165, 1.54) is 16.7 Å². The van der Waals surface area contributed by atoms with E-state index in [1.807, 2.05) is 0 Å². The van der Waals surface area contributed by atoms with Crippen LogP contribution in [0.5, 0.6) is 11.5 Å². The van der Waals surface area contributed by atoms with Gasteiger partial charge in [0.15, 0.2) is 6.10 Å². The second-order valence-corrected chi connectivity index (χ2v) is 8.94. The molecule has 5 unspecified atom stereocenters. The van der Waals surface area contributed by atoms with Crippen LogP contribution in [0, 0.1) is 0 Å². The molecule has 7 rings (SSSR count). The average molecular weight is 478 g/mol. The van der Waals surface area contributed by atoms with Crippen LogP contribution < -0.4 is 10.1 Å². The minimum Gasteiger partial charge on any atom is -0.507 e. The molecule has 3 aromatic carbocycles. The predicted octanol–water partition coefficient (Wildman–Crippen LogP) is 0.0134. The average Bonchev–Trinajstić information content (AvgIpc) is 3.35. The molecule has 3 aliphatic rings. The summed E-state index contributed by atoms with van der Waals surface area (Å²) in [6.45, 7) is -0.683. The normalized spacial score (nSPS) is 29.4. The lowest BCUT2D eigenvalue weighted by Gasteiger charge is -2.50. The molecule has 0 aliphatic carbocycles. The number of carbonyl (C=O) groups excluding carboxylic acids is 2. The molecule has 1 fully saturated rings. The number of nitrogens with one attached hydrogen (secondary N) is 1. The molecule has 0 bridgehead atoms. The molecule has 5 atom stereocenters. The molecule has 178 valence electrons. The summed E-state index contributed by atoms with van der Waals surface area (Å²) in [5.41, 5.74) is 0.814. The molecule has 1 aromatic heterocycles. The Morgan fingerprint density at radius 2 is 1.66 bits per heavy atom. The van der Waals surface area contributed by atoms with E-state index in [4.69, 9.17) is 9.47 Å². The lowest BCUT2D eigenvalue weighted by molar-refractivity contribution is -0.376. The van der Waals surface area contributed by atoms with Crippen LogP contribution in [0.15, 0.2) is 36.4 Å². The largest absolute Gasteiger partial charge is 0.507 e. The number of amides is 2. The molecule has 6 N–H and O–H groups in total. The van der Waals surface area contributed by atoms with Gasteiger partial charge in [0.05, 0.1) is 34.2 Å². The molecule has 0 saturated carbocycles. The Morgan fingerprint density at radius 1 is 0.943 bits per heavy atom. The second kappa shape index (κ2) is 6.47. The van der Waals surface area contributed by atoms with Crippen molar-refractivity contribution in [1.82, 2.24) is 9.88 Å². The standard InChI is InChI=1S/C24H18N2O9/c27-7-12-19(29)20(30)21(31)24(35-12)26-9-4-2-1-3-8(9)13-16-17(23(33)25-22(16)32)14-10(28)5-6-11(34-24)15(14)18(13)26/h1-6,12,19-21,27-31H,7H2,(H,25,32,33). The number of phenols is 1. The summed E-state index contributed by atoms with van der Waals surface area (Å²) in [5, 5.41) is 56.6. The molecule has 11 heteroatoms. The number of benzene rings is 3. The first-order chi connectivity index (χ1) is 16.8. The van der Waals surface area contributed by atoms with Crippen molar-refractivity contribution in [3.8, 4) is 11.5 Å². The molecule has 2 amide bonds. The summed E-state index contributed by atoms with van der Waals surface area (Å²) in [4.78, 5) is 25.8. The van der Waals surface area contributed by atoms with Gasteiger partial charge >= 0.3 is 5.91 Å². The van der Waals surface area contributed by atoms with Crippen molar-refractivity contribution < 1.29 is 44.6 Å². The van der Waals surface area contributed by atoms with Crippen LogP contribution in [0.4, 0.5) is 0 Å². The molecular weight excluding hydrogens is 460 g/mol. The number of aliphatic hydroxyl groups is 4. The summed E-state index contributed by atoms with van der Waals surface area (Å²) in [5.74, 6) is -3.61. The highest BCUT2D eigenvalue weighted by Crippen LogP contribution is 2.53.